The van der Waals surface area contributed by atoms with Gasteiger partial charge >= 0.3 is 5.97 Å². The minimum Gasteiger partial charge on any atom is -0.506 e. The van der Waals surface area contributed by atoms with E-state index >= 15 is 0 Å². The molecule has 5 nitrogen and oxygen atoms in total. The molecule has 0 unspecified atom stereocenters. The van der Waals surface area contributed by atoms with Gasteiger partial charge in [0.2, 0.25) is 0 Å². The molecule has 1 aromatic heterocycles. The Morgan fingerprint density at radius 1 is 1.47 bits per heavy atom. The maximum atomic E-state index is 11.6. The van der Waals surface area contributed by atoms with E-state index in [1.807, 2.05) is 13.8 Å². The van der Waals surface area contributed by atoms with Crippen LogP contribution < -0.4 is 5.56 Å². The van der Waals surface area contributed by atoms with Crippen molar-refractivity contribution in [2.24, 2.45) is 0 Å². The summed E-state index contributed by atoms with van der Waals surface area (Å²) in [6, 6.07) is 0. The molecule has 0 fully saturated rings. The van der Waals surface area contributed by atoms with Crippen LogP contribution in [0.5, 0.6) is 5.75 Å². The van der Waals surface area contributed by atoms with Crippen molar-refractivity contribution in [3.05, 3.63) is 27.2 Å². The Balaban J connectivity index is 3.46. The molecule has 17 heavy (non-hydrogen) atoms. The first-order valence-electron chi connectivity index (χ1n) is 5.53. The molecular weight excluding hydrogens is 222 g/mol. The molecule has 0 saturated carbocycles. The van der Waals surface area contributed by atoms with Gasteiger partial charge in [0, 0.05) is 11.3 Å². The van der Waals surface area contributed by atoms with Crippen LogP contribution in [0.2, 0.25) is 0 Å². The molecule has 0 aliphatic carbocycles. The molecule has 1 aromatic rings. The topological polar surface area (TPSA) is 79.4 Å². The van der Waals surface area contributed by atoms with Gasteiger partial charge in [-0.2, -0.15) is 0 Å². The second-order valence-corrected chi connectivity index (χ2v) is 4.09. The Hall–Kier alpha value is -1.78. The molecule has 0 bridgehead atoms. The lowest BCUT2D eigenvalue weighted by Crippen LogP contribution is -2.22. The molecule has 0 spiro atoms. The number of rotatable bonds is 3. The number of nitrogens with one attached hydrogen (secondary N) is 1. The van der Waals surface area contributed by atoms with Crippen LogP contribution in [0.1, 0.15) is 48.3 Å². The summed E-state index contributed by atoms with van der Waals surface area (Å²) in [7, 11) is 0. The molecule has 94 valence electrons. The van der Waals surface area contributed by atoms with E-state index in [2.05, 4.69) is 4.98 Å². The molecule has 1 heterocycles. The summed E-state index contributed by atoms with van der Waals surface area (Å²) < 4.78 is 4.75. The number of aryl methyl sites for hydroxylation is 1. The summed E-state index contributed by atoms with van der Waals surface area (Å²) in [6.07, 6.45) is 0. The predicted molar refractivity (Wildman–Crippen MR) is 63.5 cm³/mol. The Morgan fingerprint density at radius 2 is 2.06 bits per heavy atom. The minimum atomic E-state index is -0.798. The van der Waals surface area contributed by atoms with Crippen LogP contribution in [0.25, 0.3) is 0 Å². The van der Waals surface area contributed by atoms with Crippen molar-refractivity contribution in [1.29, 1.82) is 0 Å². The van der Waals surface area contributed by atoms with E-state index in [0.29, 0.717) is 11.3 Å². The van der Waals surface area contributed by atoms with Crippen LogP contribution in [0.15, 0.2) is 4.79 Å². The maximum Gasteiger partial charge on any atom is 0.347 e. The normalized spacial score (nSPS) is 10.6. The molecular formula is C12H17NO4. The smallest absolute Gasteiger partial charge is 0.347 e. The fourth-order valence-corrected chi connectivity index (χ4v) is 1.82. The number of hydrogen-bond acceptors (Lipinski definition) is 4. The SMILES string of the molecule is CCOC(=O)c1c(O)c(C(C)C)c(C)[nH]c1=O. The fourth-order valence-electron chi connectivity index (χ4n) is 1.82. The lowest BCUT2D eigenvalue weighted by atomic mass is 9.98. The molecule has 0 saturated heterocycles. The average molecular weight is 239 g/mol. The number of hydrogen-bond donors (Lipinski definition) is 2. The summed E-state index contributed by atoms with van der Waals surface area (Å²) in [5, 5.41) is 10.00. The lowest BCUT2D eigenvalue weighted by Gasteiger charge is -2.14. The highest BCUT2D eigenvalue weighted by Crippen LogP contribution is 2.29. The van der Waals surface area contributed by atoms with Crippen LogP contribution in [0.3, 0.4) is 0 Å². The summed E-state index contributed by atoms with van der Waals surface area (Å²) in [6.45, 7) is 7.22. The highest BCUT2D eigenvalue weighted by Gasteiger charge is 2.23. The number of pyridine rings is 1. The second kappa shape index (κ2) is 5.03. The van der Waals surface area contributed by atoms with Crippen LogP contribution in [-0.2, 0) is 4.74 Å². The van der Waals surface area contributed by atoms with Crippen molar-refractivity contribution in [2.45, 2.75) is 33.6 Å². The number of H-pyrrole nitrogens is 1. The largest absolute Gasteiger partial charge is 0.506 e. The number of ether oxygens (including phenoxy) is 1. The zero-order valence-corrected chi connectivity index (χ0v) is 10.5. The third-order valence-electron chi connectivity index (χ3n) is 2.48. The van der Waals surface area contributed by atoms with Gasteiger partial charge < -0.3 is 14.8 Å². The van der Waals surface area contributed by atoms with Gasteiger partial charge in [0.15, 0.2) is 5.56 Å². The molecule has 2 N–H and O–H groups in total. The number of carbonyl (C=O) groups excluding carboxylic acids is 1. The Kier molecular flexibility index (Phi) is 3.93. The van der Waals surface area contributed by atoms with Gasteiger partial charge in [0.05, 0.1) is 6.61 Å². The van der Waals surface area contributed by atoms with Gasteiger partial charge in [0.25, 0.3) is 5.56 Å². The highest BCUT2D eigenvalue weighted by molar-refractivity contribution is 5.92. The van der Waals surface area contributed by atoms with Crippen LogP contribution in [-0.4, -0.2) is 22.7 Å². The fraction of sp³-hybridized carbons (Fsp3) is 0.500. The van der Waals surface area contributed by atoms with Crippen molar-refractivity contribution in [3.8, 4) is 5.75 Å². The molecule has 0 aliphatic heterocycles. The van der Waals surface area contributed by atoms with Gasteiger partial charge in [-0.15, -0.1) is 0 Å². The Bertz CT molecular complexity index is 488. The second-order valence-electron chi connectivity index (χ2n) is 4.09. The zero-order chi connectivity index (χ0) is 13.2. The van der Waals surface area contributed by atoms with Crippen LogP contribution >= 0.6 is 0 Å². The van der Waals surface area contributed by atoms with E-state index in [0.717, 1.165) is 0 Å². The van der Waals surface area contributed by atoms with Crippen LogP contribution in [0.4, 0.5) is 0 Å². The Labute approximate surface area is 99.4 Å². The molecule has 0 radical (unpaired) electrons. The predicted octanol–water partition coefficient (Wildman–Crippen LogP) is 1.69. The van der Waals surface area contributed by atoms with Gasteiger partial charge in [-0.25, -0.2) is 4.79 Å². The first-order chi connectivity index (χ1) is 7.90. The molecule has 0 atom stereocenters. The number of aromatic amines is 1. The van der Waals surface area contributed by atoms with E-state index in [1.165, 1.54) is 0 Å². The molecule has 0 aliphatic rings. The Morgan fingerprint density at radius 3 is 2.53 bits per heavy atom. The van der Waals surface area contributed by atoms with Gasteiger partial charge in [-0.3, -0.25) is 4.79 Å². The van der Waals surface area contributed by atoms with E-state index < -0.39 is 11.5 Å². The molecule has 5 heteroatoms. The van der Waals surface area contributed by atoms with E-state index in [9.17, 15) is 14.7 Å². The third-order valence-corrected chi connectivity index (χ3v) is 2.48. The third kappa shape index (κ3) is 2.49. The van der Waals surface area contributed by atoms with Crippen LogP contribution in [0, 0.1) is 6.92 Å². The van der Waals surface area contributed by atoms with Gasteiger partial charge in [0.1, 0.15) is 5.75 Å². The summed E-state index contributed by atoms with van der Waals surface area (Å²) in [4.78, 5) is 25.8. The summed E-state index contributed by atoms with van der Waals surface area (Å²) >= 11 is 0. The van der Waals surface area contributed by atoms with Crippen molar-refractivity contribution in [1.82, 2.24) is 4.98 Å². The quantitative estimate of drug-likeness (QED) is 0.787. The molecule has 0 amide bonds. The summed E-state index contributed by atoms with van der Waals surface area (Å²) in [5.41, 5.74) is 0.187. The first-order valence-corrected chi connectivity index (χ1v) is 5.53. The van der Waals surface area contributed by atoms with Crippen molar-refractivity contribution < 1.29 is 14.6 Å². The number of carbonyl (C=O) groups is 1. The lowest BCUT2D eigenvalue weighted by molar-refractivity contribution is 0.0520. The molecule has 0 aromatic carbocycles. The van der Waals surface area contributed by atoms with E-state index in [1.54, 1.807) is 13.8 Å². The van der Waals surface area contributed by atoms with Gasteiger partial charge in [-0.05, 0) is 19.8 Å². The minimum absolute atomic E-state index is 0.0000246. The summed E-state index contributed by atoms with van der Waals surface area (Å²) in [5.74, 6) is -1.08. The van der Waals surface area contributed by atoms with Crippen molar-refractivity contribution in [2.75, 3.05) is 6.61 Å². The van der Waals surface area contributed by atoms with Crippen molar-refractivity contribution >= 4 is 5.97 Å². The highest BCUT2D eigenvalue weighted by atomic mass is 16.5. The average Bonchev–Trinajstić information content (AvgIpc) is 2.15. The first kappa shape index (κ1) is 13.3. The number of aromatic hydroxyl groups is 1. The maximum absolute atomic E-state index is 11.6. The van der Waals surface area contributed by atoms with Gasteiger partial charge in [-0.1, -0.05) is 13.8 Å². The number of esters is 1. The van der Waals surface area contributed by atoms with E-state index in [4.69, 9.17) is 4.74 Å². The standard InChI is InChI=1S/C12H17NO4/c1-5-17-12(16)9-10(14)8(6(2)3)7(4)13-11(9)15/h6H,5H2,1-4H3,(H2,13,14,15). The molecule has 1 rings (SSSR count). The van der Waals surface area contributed by atoms with Crippen molar-refractivity contribution in [3.63, 3.8) is 0 Å². The monoisotopic (exact) mass is 239 g/mol. The van der Waals surface area contributed by atoms with E-state index in [-0.39, 0.29) is 23.8 Å². The zero-order valence-electron chi connectivity index (χ0n) is 10.5. The number of aromatic nitrogens is 1.